The highest BCUT2D eigenvalue weighted by Gasteiger charge is 2.38. The fourth-order valence-electron chi connectivity index (χ4n) is 1.80. The molecule has 0 aliphatic carbocycles. The normalized spacial score (nSPS) is 21.2. The Morgan fingerprint density at radius 3 is 2.53 bits per heavy atom. The van der Waals surface area contributed by atoms with Crippen LogP contribution in [0.5, 0.6) is 0 Å². The number of aliphatic carboxylic acids is 1. The van der Waals surface area contributed by atoms with E-state index in [0.717, 1.165) is 0 Å². The number of nitrogens with zero attached hydrogens (tertiary/aromatic N) is 1. The van der Waals surface area contributed by atoms with Crippen LogP contribution in [0.2, 0.25) is 0 Å². The number of ether oxygens (including phenoxy) is 1. The molecule has 0 aromatic heterocycles. The van der Waals surface area contributed by atoms with Crippen LogP contribution in [0, 0.1) is 0 Å². The Hall–Kier alpha value is -1.79. The molecule has 0 spiro atoms. The van der Waals surface area contributed by atoms with E-state index < -0.39 is 29.7 Å². The van der Waals surface area contributed by atoms with E-state index >= 15 is 0 Å². The second-order valence-corrected chi connectivity index (χ2v) is 5.53. The number of nitrogens with one attached hydrogen (secondary N) is 1. The SMILES string of the molecule is CC(C(=O)O)N1CC[C@@H](NC(=O)OC(C)(C)C)C1=O. The van der Waals surface area contributed by atoms with Crippen molar-refractivity contribution in [3.8, 4) is 0 Å². The first kappa shape index (κ1) is 15.3. The van der Waals surface area contributed by atoms with Gasteiger partial charge >= 0.3 is 12.1 Å². The van der Waals surface area contributed by atoms with Crippen LogP contribution >= 0.6 is 0 Å². The molecule has 0 bridgehead atoms. The number of likely N-dealkylation sites (tertiary alicyclic amines) is 1. The van der Waals surface area contributed by atoms with E-state index in [-0.39, 0.29) is 5.91 Å². The van der Waals surface area contributed by atoms with Gasteiger partial charge in [0.25, 0.3) is 0 Å². The number of rotatable bonds is 3. The highest BCUT2D eigenvalue weighted by molar-refractivity contribution is 5.90. The summed E-state index contributed by atoms with van der Waals surface area (Å²) in [5.74, 6) is -1.45. The van der Waals surface area contributed by atoms with Crippen molar-refractivity contribution in [3.63, 3.8) is 0 Å². The fourth-order valence-corrected chi connectivity index (χ4v) is 1.80. The summed E-state index contributed by atoms with van der Waals surface area (Å²) in [4.78, 5) is 35.6. The number of carbonyl (C=O) groups excluding carboxylic acids is 2. The Labute approximate surface area is 111 Å². The summed E-state index contributed by atoms with van der Waals surface area (Å²) >= 11 is 0. The number of amides is 2. The molecule has 2 N–H and O–H groups in total. The van der Waals surface area contributed by atoms with Crippen LogP contribution in [0.15, 0.2) is 0 Å². The van der Waals surface area contributed by atoms with Crippen LogP contribution < -0.4 is 5.32 Å². The summed E-state index contributed by atoms with van der Waals surface area (Å²) in [5, 5.41) is 11.3. The van der Waals surface area contributed by atoms with E-state index in [0.29, 0.717) is 13.0 Å². The van der Waals surface area contributed by atoms with Crippen molar-refractivity contribution < 1.29 is 24.2 Å². The first-order valence-electron chi connectivity index (χ1n) is 6.14. The van der Waals surface area contributed by atoms with Crippen molar-refractivity contribution in [1.29, 1.82) is 0 Å². The van der Waals surface area contributed by atoms with Gasteiger partial charge in [0.05, 0.1) is 0 Å². The molecule has 1 aliphatic heterocycles. The Balaban J connectivity index is 2.57. The van der Waals surface area contributed by atoms with Crippen LogP contribution in [0.1, 0.15) is 34.1 Å². The van der Waals surface area contributed by atoms with Crippen molar-refractivity contribution in [2.45, 2.75) is 51.8 Å². The molecule has 1 aliphatic rings. The molecule has 19 heavy (non-hydrogen) atoms. The number of hydrogen-bond acceptors (Lipinski definition) is 4. The maximum atomic E-state index is 11.9. The Kier molecular flexibility index (Phi) is 4.39. The molecule has 0 radical (unpaired) electrons. The minimum absolute atomic E-state index is 0.312. The van der Waals surface area contributed by atoms with Gasteiger partial charge in [-0.15, -0.1) is 0 Å². The zero-order chi connectivity index (χ0) is 14.8. The van der Waals surface area contributed by atoms with Gasteiger partial charge < -0.3 is 20.1 Å². The Morgan fingerprint density at radius 1 is 1.47 bits per heavy atom. The molecule has 1 saturated heterocycles. The van der Waals surface area contributed by atoms with E-state index in [1.54, 1.807) is 20.8 Å². The molecule has 0 aromatic carbocycles. The number of carbonyl (C=O) groups is 3. The Morgan fingerprint density at radius 2 is 2.05 bits per heavy atom. The number of carboxylic acid groups (broad SMARTS) is 1. The van der Waals surface area contributed by atoms with Gasteiger partial charge in [-0.05, 0) is 34.1 Å². The van der Waals surface area contributed by atoms with Crippen molar-refractivity contribution in [1.82, 2.24) is 10.2 Å². The van der Waals surface area contributed by atoms with E-state index in [1.165, 1.54) is 11.8 Å². The van der Waals surface area contributed by atoms with Gasteiger partial charge in [0.15, 0.2) is 0 Å². The van der Waals surface area contributed by atoms with Gasteiger partial charge in [-0.25, -0.2) is 9.59 Å². The topological polar surface area (TPSA) is 95.9 Å². The van der Waals surface area contributed by atoms with E-state index in [1.807, 2.05) is 0 Å². The lowest BCUT2D eigenvalue weighted by atomic mass is 10.2. The minimum atomic E-state index is -1.06. The molecule has 1 heterocycles. The zero-order valence-electron chi connectivity index (χ0n) is 11.6. The van der Waals surface area contributed by atoms with Gasteiger partial charge in [0.1, 0.15) is 17.7 Å². The second kappa shape index (κ2) is 5.46. The first-order chi connectivity index (χ1) is 8.61. The zero-order valence-corrected chi connectivity index (χ0v) is 11.6. The van der Waals surface area contributed by atoms with Gasteiger partial charge in [0.2, 0.25) is 5.91 Å². The summed E-state index contributed by atoms with van der Waals surface area (Å²) in [6, 6.07) is -1.60. The fraction of sp³-hybridized carbons (Fsp3) is 0.750. The third-order valence-electron chi connectivity index (χ3n) is 2.76. The Bertz CT molecular complexity index is 388. The third kappa shape index (κ3) is 4.11. The van der Waals surface area contributed by atoms with Gasteiger partial charge in [-0.2, -0.15) is 0 Å². The predicted octanol–water partition coefficient (Wildman–Crippen LogP) is 0.585. The maximum Gasteiger partial charge on any atom is 0.408 e. The maximum absolute atomic E-state index is 11.9. The standard InChI is InChI=1S/C12H20N2O5/c1-7(10(16)17)14-6-5-8(9(14)15)13-11(18)19-12(2,3)4/h7-8H,5-6H2,1-4H3,(H,13,18)(H,16,17)/t7?,8-/m1/s1. The largest absolute Gasteiger partial charge is 0.480 e. The lowest BCUT2D eigenvalue weighted by molar-refractivity contribution is -0.147. The summed E-state index contributed by atoms with van der Waals surface area (Å²) < 4.78 is 5.05. The monoisotopic (exact) mass is 272 g/mol. The molecule has 0 saturated carbocycles. The first-order valence-corrected chi connectivity index (χ1v) is 6.14. The minimum Gasteiger partial charge on any atom is -0.480 e. The molecule has 0 aromatic rings. The van der Waals surface area contributed by atoms with Crippen LogP contribution in [0.25, 0.3) is 0 Å². The molecular formula is C12H20N2O5. The van der Waals surface area contributed by atoms with Gasteiger partial charge in [-0.3, -0.25) is 4.79 Å². The molecule has 1 rings (SSSR count). The van der Waals surface area contributed by atoms with Crippen LogP contribution in [0.3, 0.4) is 0 Å². The van der Waals surface area contributed by atoms with Crippen molar-refractivity contribution >= 4 is 18.0 Å². The molecule has 2 amide bonds. The van der Waals surface area contributed by atoms with E-state index in [2.05, 4.69) is 5.32 Å². The van der Waals surface area contributed by atoms with Crippen LogP contribution in [-0.2, 0) is 14.3 Å². The average Bonchev–Trinajstić information content (AvgIpc) is 2.56. The highest BCUT2D eigenvalue weighted by atomic mass is 16.6. The lowest BCUT2D eigenvalue weighted by Crippen LogP contribution is -2.47. The third-order valence-corrected chi connectivity index (χ3v) is 2.76. The predicted molar refractivity (Wildman–Crippen MR) is 66.6 cm³/mol. The summed E-state index contributed by atoms with van der Waals surface area (Å²) in [5.41, 5.74) is -0.639. The van der Waals surface area contributed by atoms with Crippen molar-refractivity contribution in [3.05, 3.63) is 0 Å². The number of hydrogen-bond donors (Lipinski definition) is 2. The van der Waals surface area contributed by atoms with Gasteiger partial charge in [-0.1, -0.05) is 0 Å². The lowest BCUT2D eigenvalue weighted by Gasteiger charge is -2.23. The molecule has 108 valence electrons. The van der Waals surface area contributed by atoms with E-state index in [4.69, 9.17) is 9.84 Å². The van der Waals surface area contributed by atoms with Crippen LogP contribution in [-0.4, -0.2) is 52.2 Å². The quantitative estimate of drug-likeness (QED) is 0.783. The second-order valence-electron chi connectivity index (χ2n) is 5.53. The van der Waals surface area contributed by atoms with E-state index in [9.17, 15) is 14.4 Å². The molecule has 7 nitrogen and oxygen atoms in total. The van der Waals surface area contributed by atoms with Crippen molar-refractivity contribution in [2.24, 2.45) is 0 Å². The number of alkyl carbamates (subject to hydrolysis) is 1. The summed E-state index contributed by atoms with van der Waals surface area (Å²) in [7, 11) is 0. The smallest absolute Gasteiger partial charge is 0.408 e. The van der Waals surface area contributed by atoms with Crippen LogP contribution in [0.4, 0.5) is 4.79 Å². The van der Waals surface area contributed by atoms with Crippen molar-refractivity contribution in [2.75, 3.05) is 6.54 Å². The molecule has 2 atom stereocenters. The molecule has 1 fully saturated rings. The van der Waals surface area contributed by atoms with Gasteiger partial charge in [0, 0.05) is 6.54 Å². The number of carboxylic acids is 1. The highest BCUT2D eigenvalue weighted by Crippen LogP contribution is 2.15. The summed E-state index contributed by atoms with van der Waals surface area (Å²) in [6.45, 7) is 6.93. The molecule has 7 heteroatoms. The molecule has 1 unspecified atom stereocenters. The summed E-state index contributed by atoms with van der Waals surface area (Å²) in [6.07, 6.45) is -0.286. The molecular weight excluding hydrogens is 252 g/mol. The average molecular weight is 272 g/mol.